The zero-order chi connectivity index (χ0) is 18.4. The summed E-state index contributed by atoms with van der Waals surface area (Å²) in [7, 11) is 0. The molecule has 3 rings (SSSR count). The molecular formula is C20H20FN3O2. The third-order valence-corrected chi connectivity index (χ3v) is 4.37. The smallest absolute Gasteiger partial charge is 0.225 e. The quantitative estimate of drug-likeness (QED) is 0.897. The van der Waals surface area contributed by atoms with Gasteiger partial charge >= 0.3 is 0 Å². The first-order chi connectivity index (χ1) is 12.7. The molecule has 26 heavy (non-hydrogen) atoms. The van der Waals surface area contributed by atoms with E-state index in [1.54, 1.807) is 36.4 Å². The molecule has 2 aromatic carbocycles. The monoisotopic (exact) mass is 353 g/mol. The normalized spacial score (nSPS) is 17.5. The molecule has 5 nitrogen and oxygen atoms in total. The Labute approximate surface area is 152 Å². The third-order valence-electron chi connectivity index (χ3n) is 4.37. The van der Waals surface area contributed by atoms with Crippen molar-refractivity contribution in [1.82, 2.24) is 4.90 Å². The summed E-state index contributed by atoms with van der Waals surface area (Å²) in [4.78, 5) is 14.4. The molecule has 1 N–H and O–H groups in total. The highest BCUT2D eigenvalue weighted by Crippen LogP contribution is 2.22. The summed E-state index contributed by atoms with van der Waals surface area (Å²) in [6.07, 6.45) is 0.210. The molecule has 0 radical (unpaired) electrons. The summed E-state index contributed by atoms with van der Waals surface area (Å²) in [5.74, 6) is -0.395. The molecule has 0 spiro atoms. The lowest BCUT2D eigenvalue weighted by atomic mass is 10.1. The van der Waals surface area contributed by atoms with E-state index >= 15 is 0 Å². The molecule has 1 amide bonds. The molecule has 1 fully saturated rings. The number of carbonyl (C=O) groups is 1. The van der Waals surface area contributed by atoms with Crippen LogP contribution < -0.4 is 5.32 Å². The largest absolute Gasteiger partial charge is 0.371 e. The first kappa shape index (κ1) is 18.1. The number of morpholine rings is 1. The van der Waals surface area contributed by atoms with E-state index in [0.29, 0.717) is 37.4 Å². The molecule has 1 aliphatic heterocycles. The van der Waals surface area contributed by atoms with Crippen LogP contribution in [-0.4, -0.2) is 37.0 Å². The van der Waals surface area contributed by atoms with Crippen molar-refractivity contribution in [2.24, 2.45) is 0 Å². The predicted octanol–water partition coefficient (Wildman–Crippen LogP) is 3.10. The van der Waals surface area contributed by atoms with Crippen LogP contribution in [0.25, 0.3) is 0 Å². The third kappa shape index (κ3) is 4.66. The van der Waals surface area contributed by atoms with E-state index in [2.05, 4.69) is 16.3 Å². The van der Waals surface area contributed by atoms with Gasteiger partial charge in [-0.1, -0.05) is 24.3 Å². The lowest BCUT2D eigenvalue weighted by Gasteiger charge is -2.33. The van der Waals surface area contributed by atoms with Gasteiger partial charge in [-0.2, -0.15) is 5.26 Å². The maximum atomic E-state index is 13.1. The molecule has 1 saturated heterocycles. The minimum absolute atomic E-state index is 0.119. The van der Waals surface area contributed by atoms with Crippen molar-refractivity contribution < 1.29 is 13.9 Å². The van der Waals surface area contributed by atoms with Crippen LogP contribution in [0.3, 0.4) is 0 Å². The van der Waals surface area contributed by atoms with Crippen LogP contribution >= 0.6 is 0 Å². The maximum Gasteiger partial charge on any atom is 0.225 e. The predicted molar refractivity (Wildman–Crippen MR) is 95.9 cm³/mol. The van der Waals surface area contributed by atoms with E-state index in [4.69, 9.17) is 10.00 Å². The summed E-state index contributed by atoms with van der Waals surface area (Å²) in [5.41, 5.74) is 1.92. The highest BCUT2D eigenvalue weighted by molar-refractivity contribution is 5.92. The molecule has 134 valence electrons. The van der Waals surface area contributed by atoms with Crippen molar-refractivity contribution in [3.8, 4) is 6.07 Å². The van der Waals surface area contributed by atoms with Crippen LogP contribution in [0.15, 0.2) is 48.5 Å². The Balaban J connectivity index is 1.52. The van der Waals surface area contributed by atoms with Gasteiger partial charge in [-0.3, -0.25) is 9.69 Å². The minimum Gasteiger partial charge on any atom is -0.371 e. The van der Waals surface area contributed by atoms with Gasteiger partial charge in [-0.25, -0.2) is 4.39 Å². The Kier molecular flexibility index (Phi) is 5.95. The molecule has 0 bridgehead atoms. The second-order valence-electron chi connectivity index (χ2n) is 6.17. The number of halogens is 1. The number of ether oxygens (including phenoxy) is 1. The molecule has 6 heteroatoms. The summed E-state index contributed by atoms with van der Waals surface area (Å²) in [5, 5.41) is 11.9. The average molecular weight is 353 g/mol. The second-order valence-corrected chi connectivity index (χ2v) is 6.17. The fraction of sp³-hybridized carbons (Fsp3) is 0.300. The van der Waals surface area contributed by atoms with E-state index in [9.17, 15) is 9.18 Å². The minimum atomic E-state index is -0.268. The zero-order valence-electron chi connectivity index (χ0n) is 14.3. The number of rotatable bonds is 5. The number of para-hydroxylation sites is 1. The Hall–Kier alpha value is -2.75. The van der Waals surface area contributed by atoms with Crippen molar-refractivity contribution in [1.29, 1.82) is 5.26 Å². The van der Waals surface area contributed by atoms with Crippen LogP contribution in [-0.2, 0) is 9.53 Å². The lowest BCUT2D eigenvalue weighted by molar-refractivity contribution is -0.117. The Morgan fingerprint density at radius 3 is 2.81 bits per heavy atom. The summed E-state index contributed by atoms with van der Waals surface area (Å²) >= 11 is 0. The number of carbonyl (C=O) groups excluding carboxylic acids is 1. The number of nitriles is 1. The highest BCUT2D eigenvalue weighted by Gasteiger charge is 2.22. The first-order valence-electron chi connectivity index (χ1n) is 8.54. The molecule has 0 saturated carbocycles. The number of anilines is 1. The average Bonchev–Trinajstić information content (AvgIpc) is 2.67. The number of hydrogen-bond donors (Lipinski definition) is 1. The fourth-order valence-corrected chi connectivity index (χ4v) is 2.95. The molecular weight excluding hydrogens is 333 g/mol. The van der Waals surface area contributed by atoms with Crippen LogP contribution in [0.1, 0.15) is 23.7 Å². The number of hydrogen-bond acceptors (Lipinski definition) is 4. The number of amides is 1. The van der Waals surface area contributed by atoms with E-state index < -0.39 is 0 Å². The fourth-order valence-electron chi connectivity index (χ4n) is 2.95. The van der Waals surface area contributed by atoms with E-state index in [1.807, 2.05) is 0 Å². The van der Waals surface area contributed by atoms with Gasteiger partial charge in [0.1, 0.15) is 11.9 Å². The summed E-state index contributed by atoms with van der Waals surface area (Å²) in [6, 6.07) is 15.3. The molecule has 1 atom stereocenters. The molecule has 2 aromatic rings. The zero-order valence-corrected chi connectivity index (χ0v) is 14.3. The first-order valence-corrected chi connectivity index (χ1v) is 8.54. The molecule has 0 unspecified atom stereocenters. The van der Waals surface area contributed by atoms with Crippen LogP contribution in [0.5, 0.6) is 0 Å². The van der Waals surface area contributed by atoms with Crippen molar-refractivity contribution in [3.05, 3.63) is 65.5 Å². The summed E-state index contributed by atoms with van der Waals surface area (Å²) < 4.78 is 18.8. The highest BCUT2D eigenvalue weighted by atomic mass is 19.1. The van der Waals surface area contributed by atoms with Crippen LogP contribution in [0, 0.1) is 17.1 Å². The summed E-state index contributed by atoms with van der Waals surface area (Å²) in [6.45, 7) is 2.58. The van der Waals surface area contributed by atoms with Gasteiger partial charge in [0, 0.05) is 26.1 Å². The van der Waals surface area contributed by atoms with Crippen molar-refractivity contribution in [2.75, 3.05) is 31.6 Å². The number of nitrogens with one attached hydrogen (secondary N) is 1. The van der Waals surface area contributed by atoms with Crippen molar-refractivity contribution in [2.45, 2.75) is 12.5 Å². The molecule has 0 aromatic heterocycles. The lowest BCUT2D eigenvalue weighted by Crippen LogP contribution is -2.39. The Bertz CT molecular complexity index is 801. The Morgan fingerprint density at radius 1 is 1.27 bits per heavy atom. The van der Waals surface area contributed by atoms with E-state index in [0.717, 1.165) is 12.1 Å². The second kappa shape index (κ2) is 8.56. The van der Waals surface area contributed by atoms with Gasteiger partial charge in [0.05, 0.1) is 24.0 Å². The van der Waals surface area contributed by atoms with Gasteiger partial charge in [-0.05, 0) is 29.8 Å². The van der Waals surface area contributed by atoms with E-state index in [-0.39, 0.29) is 17.8 Å². The van der Waals surface area contributed by atoms with Gasteiger partial charge in [-0.15, -0.1) is 0 Å². The number of nitrogens with zero attached hydrogens (tertiary/aromatic N) is 2. The van der Waals surface area contributed by atoms with E-state index in [1.165, 1.54) is 12.1 Å². The molecule has 1 aliphatic rings. The maximum absolute atomic E-state index is 13.1. The SMILES string of the molecule is N#Cc1ccccc1NC(=O)CCN1CCO[C@H](c2ccc(F)cc2)C1. The van der Waals surface area contributed by atoms with Gasteiger partial charge in [0.25, 0.3) is 0 Å². The van der Waals surface area contributed by atoms with Crippen LogP contribution in [0.4, 0.5) is 10.1 Å². The Morgan fingerprint density at radius 2 is 2.04 bits per heavy atom. The molecule has 0 aliphatic carbocycles. The topological polar surface area (TPSA) is 65.4 Å². The van der Waals surface area contributed by atoms with Crippen molar-refractivity contribution >= 4 is 11.6 Å². The van der Waals surface area contributed by atoms with Gasteiger partial charge in [0.2, 0.25) is 5.91 Å². The molecule has 1 heterocycles. The van der Waals surface area contributed by atoms with Gasteiger partial charge in [0.15, 0.2) is 0 Å². The van der Waals surface area contributed by atoms with Crippen LogP contribution in [0.2, 0.25) is 0 Å². The standard InChI is InChI=1S/C20H20FN3O2/c21-17-7-5-15(6-8-17)19-14-24(11-12-26-19)10-9-20(25)23-18-4-2-1-3-16(18)13-22/h1-8,19H,9-12,14H2,(H,23,25)/t19-/m0/s1. The van der Waals surface area contributed by atoms with Gasteiger partial charge < -0.3 is 10.1 Å². The van der Waals surface area contributed by atoms with Crippen molar-refractivity contribution in [3.63, 3.8) is 0 Å². The number of benzene rings is 2.